The summed E-state index contributed by atoms with van der Waals surface area (Å²) < 4.78 is 38.9. The van der Waals surface area contributed by atoms with Crippen LogP contribution in [0.15, 0.2) is 60.3 Å². The maximum absolute atomic E-state index is 13.0. The highest BCUT2D eigenvalue weighted by molar-refractivity contribution is 6.94. The van der Waals surface area contributed by atoms with Crippen molar-refractivity contribution in [1.29, 1.82) is 0 Å². The number of alkyl halides is 3. The van der Waals surface area contributed by atoms with E-state index in [1.165, 1.54) is 17.3 Å². The summed E-state index contributed by atoms with van der Waals surface area (Å²) in [6.07, 6.45) is -2.71. The molecule has 0 radical (unpaired) electrons. The first kappa shape index (κ1) is 15.6. The first-order valence-electron chi connectivity index (χ1n) is 6.72. The van der Waals surface area contributed by atoms with Crippen molar-refractivity contribution in [2.24, 2.45) is 0 Å². The predicted octanol–water partition coefficient (Wildman–Crippen LogP) is 4.87. The van der Waals surface area contributed by atoms with Gasteiger partial charge in [0, 0.05) is 0 Å². The molecule has 0 aliphatic rings. The summed E-state index contributed by atoms with van der Waals surface area (Å²) in [7, 11) is -1.89. The Morgan fingerprint density at radius 2 is 1.43 bits per heavy atom. The quantitative estimate of drug-likeness (QED) is 0.709. The van der Waals surface area contributed by atoms with Crippen LogP contribution in [-0.2, 0) is 6.18 Å². The summed E-state index contributed by atoms with van der Waals surface area (Å²) >= 11 is 0. The minimum absolute atomic E-state index is 0.224. The van der Waals surface area contributed by atoms with Crippen LogP contribution < -0.4 is 5.19 Å². The van der Waals surface area contributed by atoms with Crippen molar-refractivity contribution in [2.75, 3.05) is 0 Å². The summed E-state index contributed by atoms with van der Waals surface area (Å²) in [6.45, 7) is 4.24. The van der Waals surface area contributed by atoms with Gasteiger partial charge in [-0.1, -0.05) is 78.6 Å². The molecule has 0 spiro atoms. The topological polar surface area (TPSA) is 0 Å². The molecule has 0 nitrogen and oxygen atoms in total. The predicted molar refractivity (Wildman–Crippen MR) is 84.0 cm³/mol. The van der Waals surface area contributed by atoms with E-state index in [1.807, 2.05) is 36.0 Å². The second kappa shape index (κ2) is 5.90. The van der Waals surface area contributed by atoms with Crippen molar-refractivity contribution in [2.45, 2.75) is 19.3 Å². The summed E-state index contributed by atoms with van der Waals surface area (Å²) in [4.78, 5) is 0. The van der Waals surface area contributed by atoms with Crippen molar-refractivity contribution in [3.05, 3.63) is 71.4 Å². The van der Waals surface area contributed by atoms with E-state index in [0.29, 0.717) is 0 Å². The SMILES string of the molecule is C[Si](C)(/C=C/c1ccccc1C(F)(F)F)c1ccccc1. The number of hydrogen-bond acceptors (Lipinski definition) is 0. The summed E-state index contributed by atoms with van der Waals surface area (Å²) in [5.41, 5.74) is 1.59. The number of rotatable bonds is 3. The molecule has 4 heteroatoms. The van der Waals surface area contributed by atoms with Crippen LogP contribution >= 0.6 is 0 Å². The van der Waals surface area contributed by atoms with Gasteiger partial charge in [0.15, 0.2) is 0 Å². The molecule has 0 N–H and O–H groups in total. The highest BCUT2D eigenvalue weighted by Gasteiger charge is 2.32. The minimum atomic E-state index is -4.32. The first-order valence-corrected chi connectivity index (χ1v) is 9.79. The molecular formula is C17H17F3Si. The fourth-order valence-electron chi connectivity index (χ4n) is 2.16. The molecule has 110 valence electrons. The lowest BCUT2D eigenvalue weighted by atomic mass is 10.1. The zero-order valence-corrected chi connectivity index (χ0v) is 13.0. The molecular weight excluding hydrogens is 289 g/mol. The molecule has 0 saturated carbocycles. The van der Waals surface area contributed by atoms with Crippen molar-refractivity contribution in [3.63, 3.8) is 0 Å². The second-order valence-electron chi connectivity index (χ2n) is 5.51. The van der Waals surface area contributed by atoms with Crippen LogP contribution in [0.5, 0.6) is 0 Å². The fourth-order valence-corrected chi connectivity index (χ4v) is 4.00. The van der Waals surface area contributed by atoms with Crippen molar-refractivity contribution in [3.8, 4) is 0 Å². The van der Waals surface area contributed by atoms with E-state index in [4.69, 9.17) is 0 Å². The molecule has 0 heterocycles. The van der Waals surface area contributed by atoms with Gasteiger partial charge in [-0.15, -0.1) is 0 Å². The van der Waals surface area contributed by atoms with Gasteiger partial charge in [0.1, 0.15) is 8.07 Å². The van der Waals surface area contributed by atoms with Crippen LogP contribution in [0.25, 0.3) is 6.08 Å². The molecule has 0 aliphatic heterocycles. The van der Waals surface area contributed by atoms with E-state index in [9.17, 15) is 13.2 Å². The maximum atomic E-state index is 13.0. The van der Waals surface area contributed by atoms with E-state index in [-0.39, 0.29) is 5.56 Å². The molecule has 0 atom stereocenters. The molecule has 2 aromatic rings. The largest absolute Gasteiger partial charge is 0.416 e. The summed E-state index contributed by atoms with van der Waals surface area (Å²) in [6, 6.07) is 15.6. The molecule has 0 unspecified atom stereocenters. The van der Waals surface area contributed by atoms with Gasteiger partial charge >= 0.3 is 6.18 Å². The molecule has 2 aromatic carbocycles. The third-order valence-electron chi connectivity index (χ3n) is 3.46. The Kier molecular flexibility index (Phi) is 4.37. The highest BCUT2D eigenvalue weighted by atomic mass is 28.3. The Balaban J connectivity index is 2.34. The van der Waals surface area contributed by atoms with Crippen LogP contribution in [0.1, 0.15) is 11.1 Å². The Bertz CT molecular complexity index is 628. The normalized spacial score (nSPS) is 12.8. The van der Waals surface area contributed by atoms with Crippen LogP contribution in [0.2, 0.25) is 13.1 Å². The molecule has 21 heavy (non-hydrogen) atoms. The van der Waals surface area contributed by atoms with Crippen molar-refractivity contribution >= 4 is 19.3 Å². The minimum Gasteiger partial charge on any atom is -0.166 e. The van der Waals surface area contributed by atoms with E-state index < -0.39 is 19.8 Å². The van der Waals surface area contributed by atoms with E-state index in [0.717, 1.165) is 6.07 Å². The number of benzene rings is 2. The standard InChI is InChI=1S/C17H17F3Si/c1-21(2,15-9-4-3-5-10-15)13-12-14-8-6-7-11-16(14)17(18,19)20/h3-13H,1-2H3/b13-12+. The summed E-state index contributed by atoms with van der Waals surface area (Å²) in [5, 5.41) is 1.20. The Morgan fingerprint density at radius 3 is 2.05 bits per heavy atom. The van der Waals surface area contributed by atoms with E-state index in [2.05, 4.69) is 13.1 Å². The van der Waals surface area contributed by atoms with Crippen molar-refractivity contribution < 1.29 is 13.2 Å². The molecule has 2 rings (SSSR count). The number of halogens is 3. The third-order valence-corrected chi connectivity index (χ3v) is 6.28. The lowest BCUT2D eigenvalue weighted by Gasteiger charge is -2.18. The second-order valence-corrected chi connectivity index (χ2v) is 9.86. The Hall–Kier alpha value is -1.81. The van der Waals surface area contributed by atoms with Crippen LogP contribution in [0.4, 0.5) is 13.2 Å². The summed E-state index contributed by atoms with van der Waals surface area (Å²) in [5.74, 6) is 0. The monoisotopic (exact) mass is 306 g/mol. The van der Waals surface area contributed by atoms with Gasteiger partial charge in [0.2, 0.25) is 0 Å². The highest BCUT2D eigenvalue weighted by Crippen LogP contribution is 2.32. The molecule has 0 saturated heterocycles. The third kappa shape index (κ3) is 3.85. The Morgan fingerprint density at radius 1 is 0.857 bits per heavy atom. The van der Waals surface area contributed by atoms with Gasteiger partial charge in [0.25, 0.3) is 0 Å². The maximum Gasteiger partial charge on any atom is 0.416 e. The zero-order chi connectivity index (χ0) is 15.5. The molecule has 0 bridgehead atoms. The molecule has 0 aromatic heterocycles. The van der Waals surface area contributed by atoms with Gasteiger partial charge in [-0.25, -0.2) is 0 Å². The average molecular weight is 306 g/mol. The van der Waals surface area contributed by atoms with Crippen molar-refractivity contribution in [1.82, 2.24) is 0 Å². The van der Waals surface area contributed by atoms with Crippen LogP contribution in [0, 0.1) is 0 Å². The van der Waals surface area contributed by atoms with Crippen LogP contribution in [0.3, 0.4) is 0 Å². The van der Waals surface area contributed by atoms with Gasteiger partial charge < -0.3 is 0 Å². The van der Waals surface area contributed by atoms with Gasteiger partial charge in [-0.3, -0.25) is 0 Å². The average Bonchev–Trinajstić information content (AvgIpc) is 2.45. The number of hydrogen-bond donors (Lipinski definition) is 0. The molecule has 0 fully saturated rings. The smallest absolute Gasteiger partial charge is 0.166 e. The lowest BCUT2D eigenvalue weighted by Crippen LogP contribution is -2.39. The van der Waals surface area contributed by atoms with Gasteiger partial charge in [0.05, 0.1) is 5.56 Å². The molecule has 0 aliphatic carbocycles. The Labute approximate surface area is 124 Å². The zero-order valence-electron chi connectivity index (χ0n) is 12.0. The molecule has 0 amide bonds. The first-order chi connectivity index (χ1) is 9.81. The van der Waals surface area contributed by atoms with E-state index >= 15 is 0 Å². The van der Waals surface area contributed by atoms with Crippen LogP contribution in [-0.4, -0.2) is 8.07 Å². The van der Waals surface area contributed by atoms with Gasteiger partial charge in [-0.05, 0) is 11.6 Å². The lowest BCUT2D eigenvalue weighted by molar-refractivity contribution is -0.137. The van der Waals surface area contributed by atoms with Gasteiger partial charge in [-0.2, -0.15) is 13.2 Å². The van der Waals surface area contributed by atoms with E-state index in [1.54, 1.807) is 12.1 Å². The fraction of sp³-hybridized carbons (Fsp3) is 0.176.